The number of fused-ring (bicyclic) bond motifs is 2. The van der Waals surface area contributed by atoms with Crippen LogP contribution in [0.25, 0.3) is 11.5 Å². The van der Waals surface area contributed by atoms with Crippen LogP contribution in [0.3, 0.4) is 0 Å². The van der Waals surface area contributed by atoms with Gasteiger partial charge in [0.15, 0.2) is 0 Å². The molecule has 0 saturated carbocycles. The predicted molar refractivity (Wildman–Crippen MR) is 128 cm³/mol. The molecule has 2 aromatic rings. The summed E-state index contributed by atoms with van der Waals surface area (Å²) >= 11 is 0. The topological polar surface area (TPSA) is 106 Å². The number of nitrogens with zero attached hydrogens (tertiary/aromatic N) is 4. The quantitative estimate of drug-likeness (QED) is 0.720. The lowest BCUT2D eigenvalue weighted by atomic mass is 10.1. The lowest BCUT2D eigenvalue weighted by molar-refractivity contribution is 0.103. The number of rotatable bonds is 5. The molecule has 0 aromatic heterocycles. The van der Waals surface area contributed by atoms with Gasteiger partial charge in [-0.25, -0.2) is 0 Å². The molecule has 0 fully saturated rings. The second-order valence-electron chi connectivity index (χ2n) is 8.58. The van der Waals surface area contributed by atoms with E-state index in [9.17, 15) is 19.8 Å². The molecule has 0 spiro atoms. The van der Waals surface area contributed by atoms with Gasteiger partial charge >= 0.3 is 0 Å². The van der Waals surface area contributed by atoms with Gasteiger partial charge in [0.1, 0.15) is 34.3 Å². The van der Waals surface area contributed by atoms with E-state index >= 15 is 0 Å². The number of hydrogen-bond acceptors (Lipinski definition) is 8. The summed E-state index contributed by atoms with van der Waals surface area (Å²) in [6.07, 6.45) is 0. The van der Waals surface area contributed by atoms with E-state index in [0.717, 1.165) is 0 Å². The second kappa shape index (κ2) is 7.69. The van der Waals surface area contributed by atoms with E-state index in [1.807, 2.05) is 9.80 Å². The molecular formula is C26H22N4O4. The Labute approximate surface area is 195 Å². The summed E-state index contributed by atoms with van der Waals surface area (Å²) in [5.41, 5.74) is 2.53. The van der Waals surface area contributed by atoms with Crippen molar-refractivity contribution in [1.82, 2.24) is 9.80 Å². The summed E-state index contributed by atoms with van der Waals surface area (Å²) in [6, 6.07) is 14.0. The molecule has 2 aliphatic heterocycles. The molecule has 0 saturated heterocycles. The van der Waals surface area contributed by atoms with E-state index in [1.165, 1.54) is 0 Å². The molecule has 4 aliphatic rings. The summed E-state index contributed by atoms with van der Waals surface area (Å²) in [7, 11) is 0. The van der Waals surface area contributed by atoms with Gasteiger partial charge in [-0.15, -0.1) is 0 Å². The molecule has 8 heteroatoms. The highest BCUT2D eigenvalue weighted by Gasteiger charge is 2.38. The smallest absolute Gasteiger partial charge is 0.201 e. The standard InChI is InChI=1S/C26H22N4O4/c31-21-15-5-1-2-6-16(15)22(32)19(21)25-27-9-11-29(25)13-14-30-12-10-28-26(30)20-23(33)17-7-3-4-8-18(17)24(20)34/h1-8,31,33H,9-14H2. The van der Waals surface area contributed by atoms with Crippen LogP contribution in [0.4, 0.5) is 0 Å². The Morgan fingerprint density at radius 3 is 1.41 bits per heavy atom. The molecule has 0 atom stereocenters. The second-order valence-corrected chi connectivity index (χ2v) is 8.58. The molecule has 34 heavy (non-hydrogen) atoms. The largest absolute Gasteiger partial charge is 0.506 e. The van der Waals surface area contributed by atoms with Crippen molar-refractivity contribution in [2.24, 2.45) is 9.98 Å². The fourth-order valence-electron chi connectivity index (χ4n) is 5.06. The Hall–Kier alpha value is -4.20. The maximum Gasteiger partial charge on any atom is 0.201 e. The molecule has 0 unspecified atom stereocenters. The Bertz CT molecular complexity index is 1280. The molecule has 6 rings (SSSR count). The van der Waals surface area contributed by atoms with Crippen molar-refractivity contribution in [2.45, 2.75) is 0 Å². The van der Waals surface area contributed by atoms with Gasteiger partial charge in [0.05, 0.1) is 13.1 Å². The Kier molecular flexibility index (Phi) is 4.62. The van der Waals surface area contributed by atoms with Crippen LogP contribution in [0.1, 0.15) is 31.8 Å². The van der Waals surface area contributed by atoms with Crippen molar-refractivity contribution < 1.29 is 19.8 Å². The van der Waals surface area contributed by atoms with E-state index in [4.69, 9.17) is 0 Å². The molecule has 0 amide bonds. The first-order chi connectivity index (χ1) is 16.6. The zero-order valence-electron chi connectivity index (χ0n) is 18.4. The third kappa shape index (κ3) is 2.91. The summed E-state index contributed by atoms with van der Waals surface area (Å²) in [4.78, 5) is 39.0. The lowest BCUT2D eigenvalue weighted by Crippen LogP contribution is -2.40. The number of amidine groups is 2. The van der Waals surface area contributed by atoms with Gasteiger partial charge in [0.25, 0.3) is 0 Å². The van der Waals surface area contributed by atoms with E-state index in [2.05, 4.69) is 9.98 Å². The fraction of sp³-hybridized carbons (Fsp3) is 0.231. The van der Waals surface area contributed by atoms with Crippen molar-refractivity contribution in [3.05, 3.63) is 81.9 Å². The zero-order valence-corrected chi connectivity index (χ0v) is 18.4. The number of carbonyl (C=O) groups excluding carboxylic acids is 2. The van der Waals surface area contributed by atoms with Gasteiger partial charge in [-0.3, -0.25) is 19.6 Å². The van der Waals surface area contributed by atoms with E-state index in [0.29, 0.717) is 73.2 Å². The van der Waals surface area contributed by atoms with Gasteiger partial charge in [0, 0.05) is 48.4 Å². The normalized spacial score (nSPS) is 19.3. The van der Waals surface area contributed by atoms with Gasteiger partial charge in [0.2, 0.25) is 11.6 Å². The molecule has 2 heterocycles. The first-order valence-corrected chi connectivity index (χ1v) is 11.3. The number of aliphatic hydroxyl groups is 2. The molecule has 2 aromatic carbocycles. The lowest BCUT2D eigenvalue weighted by Gasteiger charge is -2.26. The first-order valence-electron chi connectivity index (χ1n) is 11.3. The van der Waals surface area contributed by atoms with Crippen molar-refractivity contribution in [3.63, 3.8) is 0 Å². The number of aliphatic hydroxyl groups excluding tert-OH is 2. The maximum atomic E-state index is 13.0. The van der Waals surface area contributed by atoms with Gasteiger partial charge in [-0.1, -0.05) is 48.5 Å². The Morgan fingerprint density at radius 2 is 1.03 bits per heavy atom. The summed E-state index contributed by atoms with van der Waals surface area (Å²) in [5, 5.41) is 21.5. The minimum absolute atomic E-state index is 0.0286. The minimum Gasteiger partial charge on any atom is -0.506 e. The Balaban J connectivity index is 1.21. The minimum atomic E-state index is -0.216. The third-order valence-corrected chi connectivity index (χ3v) is 6.73. The molecule has 0 radical (unpaired) electrons. The number of carbonyl (C=O) groups is 2. The van der Waals surface area contributed by atoms with Crippen LogP contribution < -0.4 is 0 Å². The number of Topliss-reactive ketones (excluding diaryl/α,β-unsaturated/α-hetero) is 2. The van der Waals surface area contributed by atoms with Crippen molar-refractivity contribution in [3.8, 4) is 0 Å². The maximum absolute atomic E-state index is 13.0. The van der Waals surface area contributed by atoms with Crippen molar-refractivity contribution in [2.75, 3.05) is 39.3 Å². The number of hydrogen-bond donors (Lipinski definition) is 2. The molecular weight excluding hydrogens is 432 g/mol. The third-order valence-electron chi connectivity index (χ3n) is 6.73. The predicted octanol–water partition coefficient (Wildman–Crippen LogP) is 2.75. The van der Waals surface area contributed by atoms with Crippen LogP contribution in [0.5, 0.6) is 0 Å². The van der Waals surface area contributed by atoms with Crippen LogP contribution in [-0.4, -0.2) is 82.5 Å². The van der Waals surface area contributed by atoms with Crippen LogP contribution in [0.15, 0.2) is 69.7 Å². The highest BCUT2D eigenvalue weighted by Crippen LogP contribution is 2.34. The van der Waals surface area contributed by atoms with E-state index < -0.39 is 0 Å². The number of ketones is 2. The molecule has 8 nitrogen and oxygen atoms in total. The SMILES string of the molecule is O=C1C(C2=NCCN2CCN2CCN=C2C2=C(O)c3ccccc3C2=O)=C(O)c2ccccc21. The zero-order chi connectivity index (χ0) is 23.4. The molecule has 0 bridgehead atoms. The van der Waals surface area contributed by atoms with Gasteiger partial charge in [-0.05, 0) is 0 Å². The van der Waals surface area contributed by atoms with Crippen molar-refractivity contribution in [1.29, 1.82) is 0 Å². The monoisotopic (exact) mass is 454 g/mol. The molecule has 170 valence electrons. The molecule has 2 N–H and O–H groups in total. The van der Waals surface area contributed by atoms with Crippen LogP contribution >= 0.6 is 0 Å². The summed E-state index contributed by atoms with van der Waals surface area (Å²) < 4.78 is 0. The number of aliphatic imine (C=N–C) groups is 2. The van der Waals surface area contributed by atoms with E-state index in [1.54, 1.807) is 48.5 Å². The van der Waals surface area contributed by atoms with Gasteiger partial charge in [-0.2, -0.15) is 0 Å². The Morgan fingerprint density at radius 1 is 0.647 bits per heavy atom. The number of benzene rings is 2. The van der Waals surface area contributed by atoms with Crippen LogP contribution in [-0.2, 0) is 0 Å². The summed E-state index contributed by atoms with van der Waals surface area (Å²) in [5.74, 6) is 0.516. The average Bonchev–Trinajstić information content (AvgIpc) is 3.61. The van der Waals surface area contributed by atoms with Crippen molar-refractivity contribution >= 4 is 34.8 Å². The van der Waals surface area contributed by atoms with Crippen LogP contribution in [0.2, 0.25) is 0 Å². The highest BCUT2D eigenvalue weighted by atomic mass is 16.3. The average molecular weight is 454 g/mol. The first kappa shape index (κ1) is 20.4. The molecule has 2 aliphatic carbocycles. The highest BCUT2D eigenvalue weighted by molar-refractivity contribution is 6.36. The van der Waals surface area contributed by atoms with E-state index in [-0.39, 0.29) is 34.2 Å². The summed E-state index contributed by atoms with van der Waals surface area (Å²) in [6.45, 7) is 3.41. The fourth-order valence-corrected chi connectivity index (χ4v) is 5.06. The van der Waals surface area contributed by atoms with Crippen LogP contribution in [0, 0.1) is 0 Å². The van der Waals surface area contributed by atoms with Gasteiger partial charge < -0.3 is 20.0 Å².